The maximum atomic E-state index is 6.88. The molecule has 0 aromatic heterocycles. The lowest BCUT2D eigenvalue weighted by molar-refractivity contribution is -0.141. The van der Waals surface area contributed by atoms with Gasteiger partial charge in [-0.3, -0.25) is 0 Å². The summed E-state index contributed by atoms with van der Waals surface area (Å²) in [5.74, 6) is 12.8. The summed E-state index contributed by atoms with van der Waals surface area (Å²) in [5, 5.41) is 0.127. The fraction of sp³-hybridized carbons (Fsp3) is 0.680. The standard InChI is InChI=1S/C25H36O3Si/c1-23(2,3)29(6,7)28-22-12-10-8-9-11-14-24(4)15-13-20(21(22)19-24)18-25(5)26-16-17-27-25/h8-9,22H,13,15-19H2,1-7H3/b9-8+. The lowest BCUT2D eigenvalue weighted by Gasteiger charge is -2.42. The molecule has 3 nitrogen and oxygen atoms in total. The SMILES string of the molecule is CC12C#C/C=C/C#CC(O[Si](C)(C)C(C)(C)C)C(=C(CC3(C)OCCO3)CC1)C2. The van der Waals surface area contributed by atoms with Crippen molar-refractivity contribution in [3.8, 4) is 23.7 Å². The van der Waals surface area contributed by atoms with Crippen LogP contribution in [0.5, 0.6) is 0 Å². The Morgan fingerprint density at radius 3 is 2.45 bits per heavy atom. The van der Waals surface area contributed by atoms with Crippen LogP contribution in [0.2, 0.25) is 18.1 Å². The van der Waals surface area contributed by atoms with Gasteiger partial charge in [0.25, 0.3) is 0 Å². The maximum absolute atomic E-state index is 6.88. The first-order valence-electron chi connectivity index (χ1n) is 10.8. The van der Waals surface area contributed by atoms with Crippen LogP contribution in [-0.2, 0) is 13.9 Å². The third-order valence-corrected chi connectivity index (χ3v) is 11.3. The van der Waals surface area contributed by atoms with Gasteiger partial charge in [0.2, 0.25) is 0 Å². The van der Waals surface area contributed by atoms with Crippen molar-refractivity contribution in [3.63, 3.8) is 0 Å². The van der Waals surface area contributed by atoms with Crippen LogP contribution >= 0.6 is 0 Å². The fourth-order valence-electron chi connectivity index (χ4n) is 3.94. The van der Waals surface area contributed by atoms with E-state index >= 15 is 0 Å². The molecule has 2 unspecified atom stereocenters. The Labute approximate surface area is 178 Å². The van der Waals surface area contributed by atoms with E-state index < -0.39 is 14.1 Å². The average Bonchev–Trinajstić information content (AvgIpc) is 3.04. The smallest absolute Gasteiger partial charge is 0.194 e. The van der Waals surface area contributed by atoms with Crippen molar-refractivity contribution in [2.75, 3.05) is 13.2 Å². The fourth-order valence-corrected chi connectivity index (χ4v) is 5.08. The molecule has 2 atom stereocenters. The number of rotatable bonds is 4. The minimum absolute atomic E-state index is 0.0461. The van der Waals surface area contributed by atoms with E-state index in [-0.39, 0.29) is 16.6 Å². The molecule has 0 aromatic carbocycles. The zero-order chi connectivity index (χ0) is 21.3. The van der Waals surface area contributed by atoms with Gasteiger partial charge in [0.1, 0.15) is 6.10 Å². The van der Waals surface area contributed by atoms with Crippen LogP contribution in [-0.4, -0.2) is 33.4 Å². The van der Waals surface area contributed by atoms with E-state index in [4.69, 9.17) is 13.9 Å². The van der Waals surface area contributed by atoms with Crippen LogP contribution < -0.4 is 0 Å². The van der Waals surface area contributed by atoms with Gasteiger partial charge in [-0.2, -0.15) is 0 Å². The zero-order valence-corrected chi connectivity index (χ0v) is 20.2. The van der Waals surface area contributed by atoms with E-state index in [0.717, 1.165) is 25.7 Å². The predicted octanol–water partition coefficient (Wildman–Crippen LogP) is 5.59. The molecule has 0 aromatic rings. The number of allylic oxidation sites excluding steroid dienone is 2. The van der Waals surface area contributed by atoms with Crippen molar-refractivity contribution >= 4 is 8.32 Å². The molecule has 4 heteroatoms. The first kappa shape index (κ1) is 22.4. The molecule has 2 aliphatic carbocycles. The van der Waals surface area contributed by atoms with Gasteiger partial charge >= 0.3 is 0 Å². The Bertz CT molecular complexity index is 816. The van der Waals surface area contributed by atoms with Crippen molar-refractivity contribution < 1.29 is 13.9 Å². The summed E-state index contributed by atoms with van der Waals surface area (Å²) in [6.07, 6.45) is 7.24. The molecule has 1 fully saturated rings. The molecule has 3 aliphatic rings. The van der Waals surface area contributed by atoms with E-state index in [0.29, 0.717) is 13.2 Å². The molecule has 29 heavy (non-hydrogen) atoms. The normalized spacial score (nSPS) is 30.1. The first-order valence-corrected chi connectivity index (χ1v) is 13.7. The molecule has 1 aliphatic heterocycles. The highest BCUT2D eigenvalue weighted by Crippen LogP contribution is 2.46. The van der Waals surface area contributed by atoms with Crippen molar-refractivity contribution in [1.82, 2.24) is 0 Å². The number of hydrogen-bond donors (Lipinski definition) is 0. The summed E-state index contributed by atoms with van der Waals surface area (Å²) in [5.41, 5.74) is 2.65. The maximum Gasteiger partial charge on any atom is 0.194 e. The Morgan fingerprint density at radius 1 is 1.14 bits per heavy atom. The van der Waals surface area contributed by atoms with Crippen LogP contribution in [0.25, 0.3) is 0 Å². The van der Waals surface area contributed by atoms with Gasteiger partial charge in [0.05, 0.1) is 13.2 Å². The Balaban J connectivity index is 2.03. The summed E-state index contributed by atoms with van der Waals surface area (Å²) in [6, 6.07) is 0. The molecule has 0 saturated carbocycles. The second-order valence-electron chi connectivity index (χ2n) is 10.5. The van der Waals surface area contributed by atoms with Crippen LogP contribution in [0, 0.1) is 29.1 Å². The average molecular weight is 413 g/mol. The third kappa shape index (κ3) is 5.25. The van der Waals surface area contributed by atoms with Crippen molar-refractivity contribution in [2.24, 2.45) is 5.41 Å². The van der Waals surface area contributed by atoms with Gasteiger partial charge in [-0.1, -0.05) is 50.0 Å². The monoisotopic (exact) mass is 412 g/mol. The number of fused-ring (bicyclic) bond motifs is 2. The van der Waals surface area contributed by atoms with E-state index in [2.05, 4.69) is 71.4 Å². The lowest BCUT2D eigenvalue weighted by Crippen LogP contribution is -2.45. The first-order chi connectivity index (χ1) is 13.4. The summed E-state index contributed by atoms with van der Waals surface area (Å²) >= 11 is 0. The topological polar surface area (TPSA) is 27.7 Å². The van der Waals surface area contributed by atoms with Gasteiger partial charge in [-0.05, 0) is 69.0 Å². The van der Waals surface area contributed by atoms with Gasteiger partial charge in [0, 0.05) is 11.8 Å². The van der Waals surface area contributed by atoms with E-state index in [9.17, 15) is 0 Å². The minimum atomic E-state index is -1.99. The summed E-state index contributed by atoms with van der Waals surface area (Å²) in [7, 11) is -1.99. The summed E-state index contributed by atoms with van der Waals surface area (Å²) in [6.45, 7) is 17.1. The van der Waals surface area contributed by atoms with Crippen molar-refractivity contribution in [1.29, 1.82) is 0 Å². The molecule has 0 spiro atoms. The second kappa shape index (κ2) is 8.08. The molecule has 1 heterocycles. The second-order valence-corrected chi connectivity index (χ2v) is 15.3. The zero-order valence-electron chi connectivity index (χ0n) is 19.2. The molecule has 0 N–H and O–H groups in total. The van der Waals surface area contributed by atoms with E-state index in [1.807, 2.05) is 12.2 Å². The highest BCUT2D eigenvalue weighted by molar-refractivity contribution is 6.74. The Morgan fingerprint density at radius 2 is 1.79 bits per heavy atom. The highest BCUT2D eigenvalue weighted by Gasteiger charge is 2.43. The molecular formula is C25H36O3Si. The predicted molar refractivity (Wildman–Crippen MR) is 121 cm³/mol. The molecule has 158 valence electrons. The molecular weight excluding hydrogens is 376 g/mol. The molecule has 1 saturated heterocycles. The number of ether oxygens (including phenoxy) is 2. The van der Waals surface area contributed by atoms with E-state index in [1.54, 1.807) is 0 Å². The minimum Gasteiger partial charge on any atom is -0.400 e. The van der Waals surface area contributed by atoms with Crippen LogP contribution in [0.4, 0.5) is 0 Å². The molecule has 2 bridgehead atoms. The van der Waals surface area contributed by atoms with Gasteiger partial charge < -0.3 is 13.9 Å². The molecule has 0 radical (unpaired) electrons. The van der Waals surface area contributed by atoms with Crippen molar-refractivity contribution in [3.05, 3.63) is 23.3 Å². The van der Waals surface area contributed by atoms with E-state index in [1.165, 1.54) is 11.1 Å². The molecule has 3 rings (SSSR count). The summed E-state index contributed by atoms with van der Waals surface area (Å²) in [4.78, 5) is 0. The lowest BCUT2D eigenvalue weighted by atomic mass is 9.71. The number of hydrogen-bond acceptors (Lipinski definition) is 3. The Hall–Kier alpha value is -1.30. The largest absolute Gasteiger partial charge is 0.400 e. The van der Waals surface area contributed by atoms with Crippen LogP contribution in [0.15, 0.2) is 23.3 Å². The quantitative estimate of drug-likeness (QED) is 0.342. The molecule has 0 amide bonds. The summed E-state index contributed by atoms with van der Waals surface area (Å²) < 4.78 is 18.7. The van der Waals surface area contributed by atoms with Crippen molar-refractivity contribution in [2.45, 2.75) is 90.3 Å². The van der Waals surface area contributed by atoms with Gasteiger partial charge in [-0.25, -0.2) is 0 Å². The third-order valence-electron chi connectivity index (χ3n) is 6.82. The van der Waals surface area contributed by atoms with Crippen LogP contribution in [0.3, 0.4) is 0 Å². The van der Waals surface area contributed by atoms with Crippen LogP contribution in [0.1, 0.15) is 60.3 Å². The van der Waals surface area contributed by atoms with Gasteiger partial charge in [0.15, 0.2) is 14.1 Å². The Kier molecular flexibility index (Phi) is 6.24. The highest BCUT2D eigenvalue weighted by atomic mass is 28.4. The van der Waals surface area contributed by atoms with Gasteiger partial charge in [-0.15, -0.1) is 0 Å².